The summed E-state index contributed by atoms with van der Waals surface area (Å²) in [5.41, 5.74) is 0.799. The number of benzene rings is 1. The highest BCUT2D eigenvalue weighted by Crippen LogP contribution is 2.29. The van der Waals surface area contributed by atoms with Crippen LogP contribution in [0.25, 0.3) is 0 Å². The molecule has 110 valence electrons. The molecule has 1 fully saturated rings. The second-order valence-electron chi connectivity index (χ2n) is 5.28. The largest absolute Gasteiger partial charge is 0.481 e. The zero-order chi connectivity index (χ0) is 14.7. The van der Waals surface area contributed by atoms with E-state index in [1.54, 1.807) is 19.9 Å². The van der Waals surface area contributed by atoms with Crippen LogP contribution in [0.3, 0.4) is 0 Å². The molecule has 0 heterocycles. The van der Waals surface area contributed by atoms with Crippen molar-refractivity contribution in [3.63, 3.8) is 0 Å². The first-order valence-electron chi connectivity index (χ1n) is 6.83. The molecule has 1 aliphatic carbocycles. The summed E-state index contributed by atoms with van der Waals surface area (Å²) in [6, 6.07) is 5.49. The summed E-state index contributed by atoms with van der Waals surface area (Å²) in [5.74, 6) is 0.193. The predicted octanol–water partition coefficient (Wildman–Crippen LogP) is 1.99. The summed E-state index contributed by atoms with van der Waals surface area (Å²) in [5, 5.41) is 23.8. The summed E-state index contributed by atoms with van der Waals surface area (Å²) in [4.78, 5) is 10.7. The van der Waals surface area contributed by atoms with Gasteiger partial charge in [0.15, 0.2) is 5.75 Å². The van der Waals surface area contributed by atoms with Gasteiger partial charge in [0.05, 0.1) is 11.0 Å². The topological polar surface area (TPSA) is 84.6 Å². The van der Waals surface area contributed by atoms with Crippen molar-refractivity contribution in [3.8, 4) is 5.75 Å². The van der Waals surface area contributed by atoms with Crippen LogP contribution in [0.15, 0.2) is 18.2 Å². The van der Waals surface area contributed by atoms with Gasteiger partial charge in [-0.15, -0.1) is 0 Å². The lowest BCUT2D eigenvalue weighted by atomic mass is 10.1. The van der Waals surface area contributed by atoms with E-state index >= 15 is 0 Å². The monoisotopic (exact) mass is 280 g/mol. The van der Waals surface area contributed by atoms with E-state index < -0.39 is 17.1 Å². The fourth-order valence-corrected chi connectivity index (χ4v) is 1.76. The van der Waals surface area contributed by atoms with Crippen molar-refractivity contribution in [1.82, 2.24) is 5.32 Å². The van der Waals surface area contributed by atoms with E-state index in [2.05, 4.69) is 5.32 Å². The highest BCUT2D eigenvalue weighted by molar-refractivity contribution is 5.48. The normalized spacial score (nSPS) is 17.6. The first kappa shape index (κ1) is 14.7. The summed E-state index contributed by atoms with van der Waals surface area (Å²) in [6.45, 7) is 3.89. The van der Waals surface area contributed by atoms with Crippen molar-refractivity contribution < 1.29 is 14.8 Å². The van der Waals surface area contributed by atoms with Crippen molar-refractivity contribution >= 4 is 5.69 Å². The molecule has 20 heavy (non-hydrogen) atoms. The summed E-state index contributed by atoms with van der Waals surface area (Å²) in [6.07, 6.45) is 1.17. The minimum Gasteiger partial charge on any atom is -0.481 e. The van der Waals surface area contributed by atoms with Crippen LogP contribution in [0.1, 0.15) is 32.3 Å². The number of ether oxygens (including phenoxy) is 1. The van der Waals surface area contributed by atoms with Crippen LogP contribution >= 0.6 is 0 Å². The smallest absolute Gasteiger partial charge is 0.311 e. The molecule has 1 saturated carbocycles. The third kappa shape index (κ3) is 3.91. The molecule has 0 amide bonds. The second kappa shape index (κ2) is 6.19. The molecule has 6 heteroatoms. The Kier molecular flexibility index (Phi) is 4.57. The number of aliphatic hydroxyl groups excluding tert-OH is 1. The van der Waals surface area contributed by atoms with Crippen molar-refractivity contribution in [2.24, 2.45) is 0 Å². The maximum Gasteiger partial charge on any atom is 0.311 e. The first-order chi connectivity index (χ1) is 9.47. The van der Waals surface area contributed by atoms with Gasteiger partial charge in [0, 0.05) is 18.7 Å². The Morgan fingerprint density at radius 3 is 2.75 bits per heavy atom. The highest BCUT2D eigenvalue weighted by atomic mass is 16.6. The van der Waals surface area contributed by atoms with Crippen LogP contribution in [0.4, 0.5) is 5.69 Å². The second-order valence-corrected chi connectivity index (χ2v) is 5.28. The molecule has 2 unspecified atom stereocenters. The highest BCUT2D eigenvalue weighted by Gasteiger charge is 2.22. The van der Waals surface area contributed by atoms with Crippen molar-refractivity contribution in [1.29, 1.82) is 0 Å². The van der Waals surface area contributed by atoms with Gasteiger partial charge in [-0.2, -0.15) is 0 Å². The first-order valence-corrected chi connectivity index (χ1v) is 6.83. The number of hydrogen-bond donors (Lipinski definition) is 2. The SMILES string of the molecule is CC(O)C(C)Oc1ccc(CNC2CC2)cc1[N+](=O)[O-]. The summed E-state index contributed by atoms with van der Waals surface area (Å²) in [7, 11) is 0. The van der Waals surface area contributed by atoms with Gasteiger partial charge in [-0.05, 0) is 38.3 Å². The third-order valence-corrected chi connectivity index (χ3v) is 3.38. The fraction of sp³-hybridized carbons (Fsp3) is 0.571. The number of aliphatic hydroxyl groups is 1. The maximum atomic E-state index is 11.1. The number of nitro groups is 1. The molecule has 0 aromatic heterocycles. The zero-order valence-electron chi connectivity index (χ0n) is 11.7. The van der Waals surface area contributed by atoms with Crippen molar-refractivity contribution in [3.05, 3.63) is 33.9 Å². The van der Waals surface area contributed by atoms with E-state index in [1.165, 1.54) is 18.9 Å². The van der Waals surface area contributed by atoms with Gasteiger partial charge in [0.2, 0.25) is 0 Å². The van der Waals surface area contributed by atoms with Crippen LogP contribution in [0, 0.1) is 10.1 Å². The van der Waals surface area contributed by atoms with Gasteiger partial charge in [-0.1, -0.05) is 6.07 Å². The molecule has 1 aromatic carbocycles. The Morgan fingerprint density at radius 1 is 1.50 bits per heavy atom. The molecular weight excluding hydrogens is 260 g/mol. The van der Waals surface area contributed by atoms with E-state index in [-0.39, 0.29) is 11.4 Å². The lowest BCUT2D eigenvalue weighted by Gasteiger charge is -2.17. The number of nitrogens with zero attached hydrogens (tertiary/aromatic N) is 1. The van der Waals surface area contributed by atoms with E-state index in [4.69, 9.17) is 4.74 Å². The Bertz CT molecular complexity index is 486. The van der Waals surface area contributed by atoms with Crippen LogP contribution < -0.4 is 10.1 Å². The number of rotatable bonds is 7. The minimum absolute atomic E-state index is 0.0624. The minimum atomic E-state index is -0.689. The third-order valence-electron chi connectivity index (χ3n) is 3.38. The van der Waals surface area contributed by atoms with Gasteiger partial charge < -0.3 is 15.2 Å². The Morgan fingerprint density at radius 2 is 2.20 bits per heavy atom. The number of nitrogens with one attached hydrogen (secondary N) is 1. The molecule has 1 aromatic rings. The molecule has 0 saturated heterocycles. The molecule has 0 spiro atoms. The maximum absolute atomic E-state index is 11.1. The van der Waals surface area contributed by atoms with Gasteiger partial charge in [-0.25, -0.2) is 0 Å². The summed E-state index contributed by atoms with van der Waals surface area (Å²) >= 11 is 0. The van der Waals surface area contributed by atoms with Crippen molar-refractivity contribution in [2.75, 3.05) is 0 Å². The van der Waals surface area contributed by atoms with Gasteiger partial charge in [0.25, 0.3) is 0 Å². The zero-order valence-corrected chi connectivity index (χ0v) is 11.7. The summed E-state index contributed by atoms with van der Waals surface area (Å²) < 4.78 is 5.45. The molecule has 2 rings (SSSR count). The van der Waals surface area contributed by atoms with E-state index in [9.17, 15) is 15.2 Å². The van der Waals surface area contributed by atoms with Crippen molar-refractivity contribution in [2.45, 2.75) is 51.5 Å². The van der Waals surface area contributed by atoms with Gasteiger partial charge in [0.1, 0.15) is 6.10 Å². The van der Waals surface area contributed by atoms with Crippen LogP contribution in [-0.2, 0) is 6.54 Å². The van der Waals surface area contributed by atoms with Crippen LogP contribution in [0.2, 0.25) is 0 Å². The van der Waals surface area contributed by atoms with Gasteiger partial charge in [-0.3, -0.25) is 10.1 Å². The van der Waals surface area contributed by atoms with E-state index in [1.807, 2.05) is 6.07 Å². The van der Waals surface area contributed by atoms with Gasteiger partial charge >= 0.3 is 5.69 Å². The van der Waals surface area contributed by atoms with Crippen LogP contribution in [0.5, 0.6) is 5.75 Å². The van der Waals surface area contributed by atoms with E-state index in [0.29, 0.717) is 12.6 Å². The number of hydrogen-bond acceptors (Lipinski definition) is 5. The van der Waals surface area contributed by atoms with Crippen LogP contribution in [-0.4, -0.2) is 28.3 Å². The van der Waals surface area contributed by atoms with E-state index in [0.717, 1.165) is 5.56 Å². The number of nitro benzene ring substituents is 1. The average molecular weight is 280 g/mol. The lowest BCUT2D eigenvalue weighted by Crippen LogP contribution is -2.26. The molecule has 0 bridgehead atoms. The lowest BCUT2D eigenvalue weighted by molar-refractivity contribution is -0.386. The Balaban J connectivity index is 2.11. The molecule has 6 nitrogen and oxygen atoms in total. The molecule has 2 N–H and O–H groups in total. The molecule has 0 radical (unpaired) electrons. The average Bonchev–Trinajstić information content (AvgIpc) is 3.21. The fourth-order valence-electron chi connectivity index (χ4n) is 1.76. The molecule has 1 aliphatic rings. The molecular formula is C14H20N2O4. The predicted molar refractivity (Wildman–Crippen MR) is 74.7 cm³/mol. The molecule has 2 atom stereocenters. The Labute approximate surface area is 117 Å². The quantitative estimate of drug-likeness (QED) is 0.589. The standard InChI is InChI=1S/C14H20N2O4/c1-9(17)10(2)20-14-6-3-11(7-13(14)16(18)19)8-15-12-4-5-12/h3,6-7,9-10,12,15,17H,4-5,8H2,1-2H3. The Hall–Kier alpha value is -1.66. The molecule has 0 aliphatic heterocycles.